The van der Waals surface area contributed by atoms with Crippen molar-refractivity contribution < 1.29 is 9.90 Å². The van der Waals surface area contributed by atoms with E-state index in [0.717, 1.165) is 47.8 Å². The zero-order chi connectivity index (χ0) is 24.7. The highest BCUT2D eigenvalue weighted by Crippen LogP contribution is 2.22. The average molecular weight is 489 g/mol. The molecule has 0 radical (unpaired) electrons. The van der Waals surface area contributed by atoms with E-state index in [-0.39, 0.29) is 18.6 Å². The van der Waals surface area contributed by atoms with E-state index in [9.17, 15) is 9.90 Å². The topological polar surface area (TPSA) is 119 Å². The summed E-state index contributed by atoms with van der Waals surface area (Å²) >= 11 is 0. The molecule has 1 aromatic carbocycles. The second-order valence-corrected chi connectivity index (χ2v) is 9.20. The van der Waals surface area contributed by atoms with Crippen LogP contribution in [0.3, 0.4) is 0 Å². The monoisotopic (exact) mass is 488 g/mol. The lowest BCUT2D eigenvalue weighted by molar-refractivity contribution is -0.123. The van der Waals surface area contributed by atoms with E-state index in [0.29, 0.717) is 38.7 Å². The maximum Gasteiger partial charge on any atom is 0.234 e. The normalized spacial score (nSPS) is 22.8. The number of aliphatic hydroxyl groups excluding tert-OH is 1. The molecule has 10 heteroatoms. The number of piperazine rings is 1. The van der Waals surface area contributed by atoms with Crippen LogP contribution in [-0.4, -0.2) is 87.7 Å². The molecule has 3 aromatic rings. The smallest absolute Gasteiger partial charge is 0.234 e. The molecule has 8 bridgehead atoms. The highest BCUT2D eigenvalue weighted by Gasteiger charge is 2.27. The van der Waals surface area contributed by atoms with Gasteiger partial charge in [0.05, 0.1) is 18.8 Å². The Balaban J connectivity index is 1.38. The first-order chi connectivity index (χ1) is 17.7. The van der Waals surface area contributed by atoms with Gasteiger partial charge in [-0.1, -0.05) is 12.1 Å². The van der Waals surface area contributed by atoms with Crippen LogP contribution in [0.25, 0.3) is 11.3 Å². The Hall–Kier alpha value is -3.60. The van der Waals surface area contributed by atoms with E-state index in [1.807, 2.05) is 30.3 Å². The first kappa shape index (κ1) is 24.1. The lowest BCUT2D eigenvalue weighted by Gasteiger charge is -2.40. The van der Waals surface area contributed by atoms with Gasteiger partial charge >= 0.3 is 0 Å². The average Bonchev–Trinajstić information content (AvgIpc) is 2.89. The van der Waals surface area contributed by atoms with Gasteiger partial charge in [-0.3, -0.25) is 14.6 Å². The van der Waals surface area contributed by atoms with Crippen LogP contribution in [0.5, 0.6) is 0 Å². The highest BCUT2D eigenvalue weighted by molar-refractivity contribution is 5.78. The van der Waals surface area contributed by atoms with Gasteiger partial charge in [0.2, 0.25) is 11.9 Å². The molecule has 1 amide bonds. The largest absolute Gasteiger partial charge is 0.395 e. The van der Waals surface area contributed by atoms with E-state index < -0.39 is 0 Å². The van der Waals surface area contributed by atoms with Gasteiger partial charge < -0.3 is 21.1 Å². The molecule has 2 aromatic heterocycles. The van der Waals surface area contributed by atoms with Gasteiger partial charge in [0, 0.05) is 69.0 Å². The molecule has 5 aliphatic heterocycles. The van der Waals surface area contributed by atoms with E-state index in [1.165, 1.54) is 0 Å². The Morgan fingerprint density at radius 2 is 1.94 bits per heavy atom. The number of anilines is 3. The van der Waals surface area contributed by atoms with Crippen LogP contribution in [0, 0.1) is 0 Å². The SMILES string of the molecule is O=C1CN2CCN(Cc3cccc(c3)Nc3nccc(n3)-c3ccc(nc3)NCCCN1)C(CO)C2. The van der Waals surface area contributed by atoms with Gasteiger partial charge in [0.25, 0.3) is 0 Å². The Labute approximate surface area is 210 Å². The summed E-state index contributed by atoms with van der Waals surface area (Å²) in [5, 5.41) is 19.7. The summed E-state index contributed by atoms with van der Waals surface area (Å²) in [5.74, 6) is 1.31. The third kappa shape index (κ3) is 6.14. The number of hydrogen-bond acceptors (Lipinski definition) is 9. The van der Waals surface area contributed by atoms with Gasteiger partial charge in [-0.15, -0.1) is 0 Å². The summed E-state index contributed by atoms with van der Waals surface area (Å²) in [7, 11) is 0. The number of carbonyl (C=O) groups is 1. The maximum atomic E-state index is 12.5. The van der Waals surface area contributed by atoms with Crippen LogP contribution in [0.1, 0.15) is 12.0 Å². The molecule has 0 spiro atoms. The number of rotatable bonds is 1. The van der Waals surface area contributed by atoms with E-state index >= 15 is 0 Å². The predicted octanol–water partition coefficient (Wildman–Crippen LogP) is 1.69. The molecule has 3 atom stereocenters. The Morgan fingerprint density at radius 3 is 2.81 bits per heavy atom. The van der Waals surface area contributed by atoms with E-state index in [4.69, 9.17) is 0 Å². The molecule has 7 heterocycles. The number of aromatic nitrogens is 3. The van der Waals surface area contributed by atoms with E-state index in [1.54, 1.807) is 12.4 Å². The molecular formula is C26H32N8O2. The summed E-state index contributed by atoms with van der Waals surface area (Å²) in [6.45, 7) is 4.65. The van der Waals surface area contributed by atoms with Gasteiger partial charge in [-0.05, 0) is 42.3 Å². The van der Waals surface area contributed by atoms with E-state index in [2.05, 4.69) is 52.8 Å². The number of hydrogen-bond donors (Lipinski definition) is 4. The Kier molecular flexibility index (Phi) is 7.65. The molecule has 0 saturated carbocycles. The van der Waals surface area contributed by atoms with Crippen molar-refractivity contribution in [2.75, 3.05) is 56.5 Å². The Morgan fingerprint density at radius 1 is 1.03 bits per heavy atom. The number of pyridine rings is 1. The van der Waals surface area contributed by atoms with Crippen LogP contribution >= 0.6 is 0 Å². The molecule has 4 N–H and O–H groups in total. The van der Waals surface area contributed by atoms with Crippen molar-refractivity contribution >= 4 is 23.4 Å². The number of carbonyl (C=O) groups excluding carboxylic acids is 1. The summed E-state index contributed by atoms with van der Waals surface area (Å²) in [6.07, 6.45) is 4.33. The number of amides is 1. The summed E-state index contributed by atoms with van der Waals surface area (Å²) in [6, 6.07) is 13.9. The third-order valence-electron chi connectivity index (χ3n) is 6.53. The molecular weight excluding hydrogens is 456 g/mol. The standard InChI is InChI=1S/C26H32N8O2/c35-18-22-16-33-11-12-34(22)15-19-3-1-4-21(13-19)31-26-29-10-7-23(32-26)20-5-6-24(30-14-20)27-8-2-9-28-25(36)17-33/h1,3-7,10,13-14,22,35H,2,8-9,11-12,15-18H2,(H,27,30)(H,28,36)(H,29,31,32). The zero-order valence-electron chi connectivity index (χ0n) is 20.2. The van der Waals surface area contributed by atoms with Gasteiger partial charge in [0.15, 0.2) is 0 Å². The maximum absolute atomic E-state index is 12.5. The molecule has 8 rings (SSSR count). The van der Waals surface area contributed by atoms with Crippen molar-refractivity contribution in [3.63, 3.8) is 0 Å². The fourth-order valence-corrected chi connectivity index (χ4v) is 4.61. The van der Waals surface area contributed by atoms with Crippen molar-refractivity contribution in [1.82, 2.24) is 30.1 Å². The van der Waals surface area contributed by atoms with Crippen molar-refractivity contribution in [2.45, 2.75) is 19.0 Å². The first-order valence-corrected chi connectivity index (χ1v) is 12.4. The predicted molar refractivity (Wildman–Crippen MR) is 139 cm³/mol. The van der Waals surface area contributed by atoms with Gasteiger partial charge in [0.1, 0.15) is 5.82 Å². The van der Waals surface area contributed by atoms with Crippen LogP contribution < -0.4 is 16.0 Å². The van der Waals surface area contributed by atoms with Gasteiger partial charge in [-0.2, -0.15) is 0 Å². The van der Waals surface area contributed by atoms with Crippen molar-refractivity contribution in [1.29, 1.82) is 0 Å². The number of aliphatic hydroxyl groups is 1. The fourth-order valence-electron chi connectivity index (χ4n) is 4.61. The van der Waals surface area contributed by atoms with Crippen molar-refractivity contribution in [3.8, 4) is 11.3 Å². The molecule has 36 heavy (non-hydrogen) atoms. The number of nitrogens with one attached hydrogen (secondary N) is 3. The minimum atomic E-state index is -0.0222. The first-order valence-electron chi connectivity index (χ1n) is 12.4. The van der Waals surface area contributed by atoms with Crippen molar-refractivity contribution in [3.05, 3.63) is 60.4 Å². The molecule has 10 nitrogen and oxygen atoms in total. The van der Waals surface area contributed by atoms with Crippen LogP contribution in [0.4, 0.5) is 17.5 Å². The summed E-state index contributed by atoms with van der Waals surface area (Å²) in [5.41, 5.74) is 3.72. The van der Waals surface area contributed by atoms with Crippen LogP contribution in [-0.2, 0) is 11.3 Å². The van der Waals surface area contributed by atoms with Crippen molar-refractivity contribution in [2.24, 2.45) is 0 Å². The lowest BCUT2D eigenvalue weighted by Crippen LogP contribution is -2.55. The second-order valence-electron chi connectivity index (χ2n) is 9.20. The fraction of sp³-hybridized carbons (Fsp3) is 0.385. The Bertz CT molecular complexity index is 1170. The minimum Gasteiger partial charge on any atom is -0.395 e. The van der Waals surface area contributed by atoms with Crippen LogP contribution in [0.2, 0.25) is 0 Å². The molecule has 188 valence electrons. The zero-order valence-corrected chi connectivity index (χ0v) is 20.2. The third-order valence-corrected chi connectivity index (χ3v) is 6.53. The van der Waals surface area contributed by atoms with Crippen LogP contribution in [0.15, 0.2) is 54.9 Å². The molecule has 1 fully saturated rings. The molecule has 5 aliphatic rings. The molecule has 1 saturated heterocycles. The second kappa shape index (κ2) is 11.4. The summed E-state index contributed by atoms with van der Waals surface area (Å²) < 4.78 is 0. The lowest BCUT2D eigenvalue weighted by atomic mass is 10.1. The van der Waals surface area contributed by atoms with Gasteiger partial charge in [-0.25, -0.2) is 15.0 Å². The minimum absolute atomic E-state index is 0.0163. The highest BCUT2D eigenvalue weighted by atomic mass is 16.3. The number of benzene rings is 1. The number of nitrogens with zero attached hydrogens (tertiary/aromatic N) is 5. The molecule has 0 aliphatic carbocycles. The molecule has 3 unspecified atom stereocenters. The quantitative estimate of drug-likeness (QED) is 0.406. The summed E-state index contributed by atoms with van der Waals surface area (Å²) in [4.78, 5) is 30.4.